The molecule has 0 amide bonds. The van der Waals surface area contributed by atoms with E-state index in [1.165, 1.54) is 29.1 Å². The summed E-state index contributed by atoms with van der Waals surface area (Å²) >= 11 is 0. The van der Waals surface area contributed by atoms with E-state index < -0.39 is 0 Å². The number of halogens is 2. The maximum Gasteiger partial charge on any atom is 0.131 e. The van der Waals surface area contributed by atoms with Gasteiger partial charge >= 0.3 is 0 Å². The highest BCUT2D eigenvalue weighted by molar-refractivity contribution is 5.88. The van der Waals surface area contributed by atoms with Crippen LogP contribution in [-0.4, -0.2) is 0 Å². The Morgan fingerprint density at radius 2 is 1.38 bits per heavy atom. The minimum absolute atomic E-state index is 0.352. The molecule has 4 aromatic rings. The first-order chi connectivity index (χ1) is 12.6. The Hall–Kier alpha value is -3.00. The fraction of sp³-hybridized carbons (Fsp3) is 0.0833. The number of hydrogen-bond donors (Lipinski definition) is 0. The van der Waals surface area contributed by atoms with Gasteiger partial charge in [0, 0.05) is 5.56 Å². The predicted octanol–water partition coefficient (Wildman–Crippen LogP) is 7.01. The van der Waals surface area contributed by atoms with Crippen LogP contribution >= 0.6 is 0 Å². The number of aryl methyl sites for hydroxylation is 1. The van der Waals surface area contributed by atoms with Gasteiger partial charge in [-0.05, 0) is 63.7 Å². The molecule has 0 aliphatic carbocycles. The first-order valence-electron chi connectivity index (χ1n) is 8.72. The third kappa shape index (κ3) is 3.11. The summed E-state index contributed by atoms with van der Waals surface area (Å²) in [6.07, 6.45) is 1.00. The van der Waals surface area contributed by atoms with Gasteiger partial charge in [-0.2, -0.15) is 0 Å². The summed E-state index contributed by atoms with van der Waals surface area (Å²) < 4.78 is 28.1. The van der Waals surface area contributed by atoms with Gasteiger partial charge in [0.15, 0.2) is 0 Å². The molecule has 0 radical (unpaired) electrons. The highest BCUT2D eigenvalue weighted by atomic mass is 19.1. The monoisotopic (exact) mass is 344 g/mol. The maximum absolute atomic E-state index is 14.6. The van der Waals surface area contributed by atoms with Gasteiger partial charge in [-0.3, -0.25) is 0 Å². The van der Waals surface area contributed by atoms with Crippen LogP contribution in [0.15, 0.2) is 78.9 Å². The van der Waals surface area contributed by atoms with Crippen LogP contribution in [0.2, 0.25) is 0 Å². The molecule has 0 N–H and O–H groups in total. The molecule has 0 spiro atoms. The zero-order valence-electron chi connectivity index (χ0n) is 14.5. The van der Waals surface area contributed by atoms with Gasteiger partial charge in [0.1, 0.15) is 11.6 Å². The van der Waals surface area contributed by atoms with E-state index in [0.29, 0.717) is 11.1 Å². The number of rotatable bonds is 3. The zero-order valence-corrected chi connectivity index (χ0v) is 14.5. The number of benzene rings is 4. The van der Waals surface area contributed by atoms with E-state index in [1.54, 1.807) is 18.2 Å². The highest BCUT2D eigenvalue weighted by Crippen LogP contribution is 2.30. The number of fused-ring (bicyclic) bond motifs is 1. The third-order valence-corrected chi connectivity index (χ3v) is 4.75. The molecule has 0 saturated heterocycles. The second-order valence-electron chi connectivity index (χ2n) is 6.45. The van der Waals surface area contributed by atoms with Crippen molar-refractivity contribution in [1.82, 2.24) is 0 Å². The first-order valence-corrected chi connectivity index (χ1v) is 8.72. The standard InChI is InChI=1S/C24H18F2/c1-2-16-6-7-18-13-19(9-8-17(18)12-16)20-10-11-23(24(26)15-20)21-4-3-5-22(25)14-21/h3-15H,2H2,1H3. The molecule has 0 atom stereocenters. The van der Waals surface area contributed by atoms with Crippen LogP contribution < -0.4 is 0 Å². The summed E-state index contributed by atoms with van der Waals surface area (Å²) in [6, 6.07) is 23.7. The van der Waals surface area contributed by atoms with Gasteiger partial charge in [-0.1, -0.05) is 61.5 Å². The normalized spacial score (nSPS) is 11.0. The SMILES string of the molecule is CCc1ccc2cc(-c3ccc(-c4cccc(F)c4)c(F)c3)ccc2c1. The van der Waals surface area contributed by atoms with E-state index in [9.17, 15) is 8.78 Å². The van der Waals surface area contributed by atoms with E-state index in [1.807, 2.05) is 12.1 Å². The summed E-state index contributed by atoms with van der Waals surface area (Å²) in [7, 11) is 0. The van der Waals surface area contributed by atoms with Gasteiger partial charge in [-0.15, -0.1) is 0 Å². The van der Waals surface area contributed by atoms with Crippen LogP contribution in [0.4, 0.5) is 8.78 Å². The molecular formula is C24H18F2. The quantitative estimate of drug-likeness (QED) is 0.375. The van der Waals surface area contributed by atoms with Crippen molar-refractivity contribution in [2.75, 3.05) is 0 Å². The molecule has 0 saturated carbocycles. The Morgan fingerprint density at radius 1 is 0.654 bits per heavy atom. The fourth-order valence-electron chi connectivity index (χ4n) is 3.28. The fourth-order valence-corrected chi connectivity index (χ4v) is 3.28. The Kier molecular flexibility index (Phi) is 4.26. The summed E-state index contributed by atoms with van der Waals surface area (Å²) in [5.74, 6) is -0.721. The van der Waals surface area contributed by atoms with Gasteiger partial charge in [-0.25, -0.2) is 8.78 Å². The molecule has 0 aliphatic rings. The van der Waals surface area contributed by atoms with E-state index in [4.69, 9.17) is 0 Å². The van der Waals surface area contributed by atoms with Crippen molar-refractivity contribution in [2.45, 2.75) is 13.3 Å². The Bertz CT molecular complexity index is 1100. The minimum atomic E-state index is -0.369. The topological polar surface area (TPSA) is 0 Å². The van der Waals surface area contributed by atoms with E-state index in [2.05, 4.69) is 37.3 Å². The van der Waals surface area contributed by atoms with Crippen molar-refractivity contribution in [3.63, 3.8) is 0 Å². The molecule has 0 unspecified atom stereocenters. The smallest absolute Gasteiger partial charge is 0.131 e. The molecule has 0 heterocycles. The molecule has 0 nitrogen and oxygen atoms in total. The Labute approximate surface area is 151 Å². The second-order valence-corrected chi connectivity index (χ2v) is 6.45. The van der Waals surface area contributed by atoms with Crippen molar-refractivity contribution in [3.8, 4) is 22.3 Å². The molecule has 4 rings (SSSR count). The van der Waals surface area contributed by atoms with Crippen molar-refractivity contribution in [3.05, 3.63) is 96.1 Å². The molecule has 0 aliphatic heterocycles. The lowest BCUT2D eigenvalue weighted by atomic mass is 9.97. The zero-order chi connectivity index (χ0) is 18.1. The van der Waals surface area contributed by atoms with Crippen molar-refractivity contribution in [1.29, 1.82) is 0 Å². The van der Waals surface area contributed by atoms with E-state index in [-0.39, 0.29) is 11.6 Å². The second kappa shape index (κ2) is 6.72. The minimum Gasteiger partial charge on any atom is -0.207 e. The third-order valence-electron chi connectivity index (χ3n) is 4.75. The number of hydrogen-bond acceptors (Lipinski definition) is 0. The van der Waals surface area contributed by atoms with Crippen LogP contribution in [0.3, 0.4) is 0 Å². The molecule has 128 valence electrons. The molecule has 0 aromatic heterocycles. The highest BCUT2D eigenvalue weighted by Gasteiger charge is 2.09. The van der Waals surface area contributed by atoms with Crippen LogP contribution in [0.1, 0.15) is 12.5 Å². The largest absolute Gasteiger partial charge is 0.207 e. The molecule has 26 heavy (non-hydrogen) atoms. The van der Waals surface area contributed by atoms with Crippen LogP contribution in [-0.2, 0) is 6.42 Å². The van der Waals surface area contributed by atoms with Gasteiger partial charge in [0.05, 0.1) is 0 Å². The average Bonchev–Trinajstić information content (AvgIpc) is 2.67. The summed E-state index contributed by atoms with van der Waals surface area (Å²) in [5.41, 5.74) is 4.02. The maximum atomic E-state index is 14.6. The predicted molar refractivity (Wildman–Crippen MR) is 104 cm³/mol. The van der Waals surface area contributed by atoms with E-state index in [0.717, 1.165) is 22.9 Å². The Balaban J connectivity index is 1.74. The summed E-state index contributed by atoms with van der Waals surface area (Å²) in [6.45, 7) is 2.14. The van der Waals surface area contributed by atoms with Crippen molar-refractivity contribution < 1.29 is 8.78 Å². The summed E-state index contributed by atoms with van der Waals surface area (Å²) in [4.78, 5) is 0. The van der Waals surface area contributed by atoms with Crippen molar-refractivity contribution in [2.24, 2.45) is 0 Å². The first kappa shape index (κ1) is 16.5. The average molecular weight is 344 g/mol. The Morgan fingerprint density at radius 3 is 2.15 bits per heavy atom. The molecule has 0 fully saturated rings. The molecular weight excluding hydrogens is 326 g/mol. The van der Waals surface area contributed by atoms with Gasteiger partial charge < -0.3 is 0 Å². The van der Waals surface area contributed by atoms with Crippen LogP contribution in [0.25, 0.3) is 33.0 Å². The van der Waals surface area contributed by atoms with Crippen LogP contribution in [0, 0.1) is 11.6 Å². The lowest BCUT2D eigenvalue weighted by Gasteiger charge is -2.09. The molecule has 2 heteroatoms. The summed E-state index contributed by atoms with van der Waals surface area (Å²) in [5, 5.41) is 2.32. The van der Waals surface area contributed by atoms with Gasteiger partial charge in [0.25, 0.3) is 0 Å². The van der Waals surface area contributed by atoms with Crippen LogP contribution in [0.5, 0.6) is 0 Å². The lowest BCUT2D eigenvalue weighted by Crippen LogP contribution is -1.88. The lowest BCUT2D eigenvalue weighted by molar-refractivity contribution is 0.625. The molecule has 4 aromatic carbocycles. The van der Waals surface area contributed by atoms with Crippen molar-refractivity contribution >= 4 is 10.8 Å². The van der Waals surface area contributed by atoms with Gasteiger partial charge in [0.2, 0.25) is 0 Å². The molecule has 0 bridgehead atoms. The van der Waals surface area contributed by atoms with E-state index >= 15 is 0 Å².